The molecular formula is C21H27ClN2O4S. The zero-order valence-electron chi connectivity index (χ0n) is 17.3. The number of anilines is 1. The van der Waals surface area contributed by atoms with Crippen molar-refractivity contribution in [3.63, 3.8) is 0 Å². The molecule has 6 nitrogen and oxygen atoms in total. The van der Waals surface area contributed by atoms with E-state index >= 15 is 0 Å². The van der Waals surface area contributed by atoms with E-state index in [0.29, 0.717) is 17.9 Å². The largest absolute Gasteiger partial charge is 0.495 e. The summed E-state index contributed by atoms with van der Waals surface area (Å²) in [6, 6.07) is 11.3. The van der Waals surface area contributed by atoms with Crippen LogP contribution >= 0.6 is 11.6 Å². The van der Waals surface area contributed by atoms with Crippen molar-refractivity contribution < 1.29 is 17.9 Å². The summed E-state index contributed by atoms with van der Waals surface area (Å²) in [5.74, 6) is 0.0484. The Hall–Kier alpha value is -2.25. The van der Waals surface area contributed by atoms with E-state index in [9.17, 15) is 13.2 Å². The van der Waals surface area contributed by atoms with E-state index in [1.165, 1.54) is 13.2 Å². The molecule has 158 valence electrons. The quantitative estimate of drug-likeness (QED) is 0.673. The number of carbonyl (C=O) groups excluding carboxylic acids is 1. The van der Waals surface area contributed by atoms with Gasteiger partial charge in [-0.1, -0.05) is 48.4 Å². The number of halogens is 1. The number of hydrogen-bond donors (Lipinski definition) is 1. The minimum Gasteiger partial charge on any atom is -0.495 e. The number of ether oxygens (including phenoxy) is 1. The summed E-state index contributed by atoms with van der Waals surface area (Å²) in [4.78, 5) is 13.0. The highest BCUT2D eigenvalue weighted by atomic mass is 35.5. The maximum Gasteiger partial charge on any atom is 0.244 e. The number of nitrogens with one attached hydrogen (secondary N) is 1. The molecule has 8 heteroatoms. The zero-order valence-corrected chi connectivity index (χ0v) is 18.8. The van der Waals surface area contributed by atoms with Crippen molar-refractivity contribution in [2.24, 2.45) is 0 Å². The van der Waals surface area contributed by atoms with Crippen LogP contribution in [0.4, 0.5) is 5.69 Å². The molecule has 0 fully saturated rings. The van der Waals surface area contributed by atoms with E-state index in [1.54, 1.807) is 19.1 Å². The molecule has 0 aliphatic rings. The van der Waals surface area contributed by atoms with Gasteiger partial charge in [0.15, 0.2) is 0 Å². The smallest absolute Gasteiger partial charge is 0.244 e. The van der Waals surface area contributed by atoms with Gasteiger partial charge in [-0.05, 0) is 44.0 Å². The Morgan fingerprint density at radius 3 is 2.31 bits per heavy atom. The third kappa shape index (κ3) is 5.64. The second-order valence-electron chi connectivity index (χ2n) is 6.94. The van der Waals surface area contributed by atoms with Gasteiger partial charge in [-0.2, -0.15) is 0 Å². The highest BCUT2D eigenvalue weighted by Gasteiger charge is 2.32. The van der Waals surface area contributed by atoms with Gasteiger partial charge < -0.3 is 10.1 Å². The number of aryl methyl sites for hydroxylation is 1. The molecule has 0 saturated heterocycles. The molecule has 0 unspecified atom stereocenters. The molecule has 1 amide bonds. The van der Waals surface area contributed by atoms with Crippen LogP contribution in [0.1, 0.15) is 37.4 Å². The second kappa shape index (κ2) is 9.50. The summed E-state index contributed by atoms with van der Waals surface area (Å²) >= 11 is 6.18. The molecule has 0 aliphatic carbocycles. The van der Waals surface area contributed by atoms with E-state index in [0.717, 1.165) is 21.7 Å². The summed E-state index contributed by atoms with van der Waals surface area (Å²) in [5, 5.41) is 3.19. The SMILES string of the molecule is CC[C@H](C(=O)N[C@@H](C)c1ccc(C)cc1)N(c1ccc(OC)c(Cl)c1)S(C)(=O)=O. The van der Waals surface area contributed by atoms with Gasteiger partial charge in [0.25, 0.3) is 0 Å². The van der Waals surface area contributed by atoms with E-state index in [1.807, 2.05) is 38.1 Å². The van der Waals surface area contributed by atoms with Gasteiger partial charge in [0.05, 0.1) is 30.1 Å². The topological polar surface area (TPSA) is 75.7 Å². The van der Waals surface area contributed by atoms with Gasteiger partial charge in [0.2, 0.25) is 15.9 Å². The second-order valence-corrected chi connectivity index (χ2v) is 9.21. The van der Waals surface area contributed by atoms with Crippen LogP contribution in [-0.2, 0) is 14.8 Å². The summed E-state index contributed by atoms with van der Waals surface area (Å²) < 4.78 is 31.4. The fraction of sp³-hybridized carbons (Fsp3) is 0.381. The highest BCUT2D eigenvalue weighted by Crippen LogP contribution is 2.32. The average molecular weight is 439 g/mol. The fourth-order valence-corrected chi connectivity index (χ4v) is 4.56. The number of hydrogen-bond acceptors (Lipinski definition) is 4. The summed E-state index contributed by atoms with van der Waals surface area (Å²) in [6.45, 7) is 5.62. The Morgan fingerprint density at radius 1 is 1.21 bits per heavy atom. The Kier molecular flexibility index (Phi) is 7.54. The highest BCUT2D eigenvalue weighted by molar-refractivity contribution is 7.92. The van der Waals surface area contributed by atoms with Crippen LogP contribution in [-0.4, -0.2) is 33.7 Å². The lowest BCUT2D eigenvalue weighted by atomic mass is 10.1. The Morgan fingerprint density at radius 2 is 1.83 bits per heavy atom. The van der Waals surface area contributed by atoms with Crippen molar-refractivity contribution >= 4 is 33.2 Å². The van der Waals surface area contributed by atoms with Crippen LogP contribution in [0, 0.1) is 6.92 Å². The van der Waals surface area contributed by atoms with Crippen LogP contribution < -0.4 is 14.4 Å². The maximum atomic E-state index is 13.0. The number of sulfonamides is 1. The van der Waals surface area contributed by atoms with Gasteiger partial charge in [-0.3, -0.25) is 9.10 Å². The van der Waals surface area contributed by atoms with Crippen molar-refractivity contribution in [1.82, 2.24) is 5.32 Å². The van der Waals surface area contributed by atoms with Crippen molar-refractivity contribution in [2.45, 2.75) is 39.3 Å². The van der Waals surface area contributed by atoms with E-state index < -0.39 is 16.1 Å². The number of carbonyl (C=O) groups is 1. The molecule has 0 heterocycles. The summed E-state index contributed by atoms with van der Waals surface area (Å²) in [6.07, 6.45) is 1.37. The van der Waals surface area contributed by atoms with Crippen LogP contribution in [0.2, 0.25) is 5.02 Å². The summed E-state index contributed by atoms with van der Waals surface area (Å²) in [5.41, 5.74) is 2.37. The van der Waals surface area contributed by atoms with Crippen molar-refractivity contribution in [2.75, 3.05) is 17.7 Å². The molecule has 0 spiro atoms. The maximum absolute atomic E-state index is 13.0. The lowest BCUT2D eigenvalue weighted by Gasteiger charge is -2.31. The molecular weight excluding hydrogens is 412 g/mol. The molecule has 2 aromatic rings. The Balaban J connectivity index is 2.34. The number of benzene rings is 2. The van der Waals surface area contributed by atoms with Crippen LogP contribution in [0.15, 0.2) is 42.5 Å². The van der Waals surface area contributed by atoms with Gasteiger partial charge in [-0.25, -0.2) is 8.42 Å². The Bertz CT molecular complexity index is 961. The number of amides is 1. The first-order valence-corrected chi connectivity index (χ1v) is 11.5. The molecule has 2 rings (SSSR count). The lowest BCUT2D eigenvalue weighted by Crippen LogP contribution is -2.49. The normalized spacial score (nSPS) is 13.4. The fourth-order valence-electron chi connectivity index (χ4n) is 3.10. The molecule has 2 atom stereocenters. The monoisotopic (exact) mass is 438 g/mol. The molecule has 29 heavy (non-hydrogen) atoms. The molecule has 0 aromatic heterocycles. The van der Waals surface area contributed by atoms with Crippen LogP contribution in [0.25, 0.3) is 0 Å². The zero-order chi connectivity index (χ0) is 21.8. The Labute approximate surface area is 177 Å². The van der Waals surface area contributed by atoms with Crippen LogP contribution in [0.3, 0.4) is 0 Å². The van der Waals surface area contributed by atoms with Gasteiger partial charge >= 0.3 is 0 Å². The van der Waals surface area contributed by atoms with Gasteiger partial charge in [0, 0.05) is 0 Å². The molecule has 1 N–H and O–H groups in total. The predicted molar refractivity (Wildman–Crippen MR) is 117 cm³/mol. The van der Waals surface area contributed by atoms with Crippen molar-refractivity contribution in [3.05, 3.63) is 58.6 Å². The number of nitrogens with zero attached hydrogens (tertiary/aromatic N) is 1. The first-order chi connectivity index (χ1) is 13.6. The number of methoxy groups -OCH3 is 1. The van der Waals surface area contributed by atoms with Crippen LogP contribution in [0.5, 0.6) is 5.75 Å². The van der Waals surface area contributed by atoms with E-state index in [-0.39, 0.29) is 17.0 Å². The standard InChI is InChI=1S/C21H27ClN2O4S/c1-6-19(21(25)23-15(3)16-9-7-14(2)8-10-16)24(29(5,26)27)17-11-12-20(28-4)18(22)13-17/h7-13,15,19H,6H2,1-5H3,(H,23,25)/t15-,19+/m0/s1. The molecule has 2 aromatic carbocycles. The third-order valence-electron chi connectivity index (χ3n) is 4.66. The number of rotatable bonds is 8. The minimum absolute atomic E-state index is 0.266. The summed E-state index contributed by atoms with van der Waals surface area (Å²) in [7, 11) is -2.27. The van der Waals surface area contributed by atoms with Crippen molar-refractivity contribution in [3.8, 4) is 5.75 Å². The van der Waals surface area contributed by atoms with Crippen molar-refractivity contribution in [1.29, 1.82) is 0 Å². The predicted octanol–water partition coefficient (Wildman–Crippen LogP) is 4.08. The van der Waals surface area contributed by atoms with E-state index in [2.05, 4.69) is 5.32 Å². The first kappa shape index (κ1) is 23.0. The molecule has 0 bridgehead atoms. The first-order valence-electron chi connectivity index (χ1n) is 9.28. The molecule has 0 aliphatic heterocycles. The molecule has 0 radical (unpaired) electrons. The lowest BCUT2D eigenvalue weighted by molar-refractivity contribution is -0.122. The third-order valence-corrected chi connectivity index (χ3v) is 6.13. The average Bonchev–Trinajstić information content (AvgIpc) is 2.65. The van der Waals surface area contributed by atoms with Gasteiger partial charge in [0.1, 0.15) is 11.8 Å². The van der Waals surface area contributed by atoms with Gasteiger partial charge in [-0.15, -0.1) is 0 Å². The van der Waals surface area contributed by atoms with E-state index in [4.69, 9.17) is 16.3 Å². The minimum atomic E-state index is -3.74. The molecule has 0 saturated carbocycles.